The van der Waals surface area contributed by atoms with Crippen molar-refractivity contribution in [2.45, 2.75) is 33.6 Å². The highest BCUT2D eigenvalue weighted by Gasteiger charge is 2.37. The Morgan fingerprint density at radius 3 is 2.63 bits per heavy atom. The summed E-state index contributed by atoms with van der Waals surface area (Å²) in [5, 5.41) is 6.43. The highest BCUT2D eigenvalue weighted by atomic mass is 16.5. The molecule has 0 aliphatic carbocycles. The second kappa shape index (κ2) is 5.51. The molecule has 1 aromatic rings. The van der Waals surface area contributed by atoms with E-state index < -0.39 is 0 Å². The van der Waals surface area contributed by atoms with Crippen molar-refractivity contribution in [2.24, 2.45) is 5.41 Å². The van der Waals surface area contributed by atoms with Crippen LogP contribution in [0.25, 0.3) is 0 Å². The molecule has 0 fully saturated rings. The Labute approximate surface area is 114 Å². The lowest BCUT2D eigenvalue weighted by Crippen LogP contribution is -2.39. The summed E-state index contributed by atoms with van der Waals surface area (Å²) in [5.41, 5.74) is 1.35. The Morgan fingerprint density at radius 1 is 1.26 bits per heavy atom. The van der Waals surface area contributed by atoms with Crippen LogP contribution >= 0.6 is 0 Å². The molecule has 1 aromatic carbocycles. The number of ether oxygens (including phenoxy) is 1. The summed E-state index contributed by atoms with van der Waals surface area (Å²) < 4.78 is 5.59. The molecule has 0 saturated heterocycles. The van der Waals surface area contributed by atoms with Crippen LogP contribution in [0.4, 0.5) is 11.4 Å². The van der Waals surface area contributed by atoms with Crippen molar-refractivity contribution >= 4 is 17.3 Å². The Kier molecular flexibility index (Phi) is 3.98. The molecule has 0 spiro atoms. The third-order valence-electron chi connectivity index (χ3n) is 4.02. The number of nitrogens with one attached hydrogen (secondary N) is 2. The SMILES string of the molecule is CCOc1cccc2c1NC(=O)C(CC)(CC)CN2. The Bertz CT molecular complexity index is 467. The summed E-state index contributed by atoms with van der Waals surface area (Å²) >= 11 is 0. The van der Waals surface area contributed by atoms with Gasteiger partial charge < -0.3 is 15.4 Å². The summed E-state index contributed by atoms with van der Waals surface area (Å²) in [6, 6.07) is 5.79. The maximum absolute atomic E-state index is 12.5. The highest BCUT2D eigenvalue weighted by Crippen LogP contribution is 2.39. The molecular weight excluding hydrogens is 240 g/mol. The van der Waals surface area contributed by atoms with Gasteiger partial charge >= 0.3 is 0 Å². The number of anilines is 2. The molecule has 1 amide bonds. The van der Waals surface area contributed by atoms with Crippen LogP contribution in [0.3, 0.4) is 0 Å². The van der Waals surface area contributed by atoms with E-state index in [1.54, 1.807) is 0 Å². The third kappa shape index (κ3) is 2.39. The molecule has 19 heavy (non-hydrogen) atoms. The summed E-state index contributed by atoms with van der Waals surface area (Å²) in [6.07, 6.45) is 1.64. The average Bonchev–Trinajstić information content (AvgIpc) is 2.57. The molecule has 0 saturated carbocycles. The van der Waals surface area contributed by atoms with E-state index in [9.17, 15) is 4.79 Å². The monoisotopic (exact) mass is 262 g/mol. The van der Waals surface area contributed by atoms with Crippen molar-refractivity contribution in [3.05, 3.63) is 18.2 Å². The number of amides is 1. The van der Waals surface area contributed by atoms with E-state index in [0.717, 1.165) is 30.0 Å². The summed E-state index contributed by atoms with van der Waals surface area (Å²) in [7, 11) is 0. The van der Waals surface area contributed by atoms with E-state index in [0.29, 0.717) is 13.2 Å². The normalized spacial score (nSPS) is 16.9. The van der Waals surface area contributed by atoms with Crippen LogP contribution < -0.4 is 15.4 Å². The van der Waals surface area contributed by atoms with Crippen molar-refractivity contribution < 1.29 is 9.53 Å². The first-order valence-corrected chi connectivity index (χ1v) is 6.98. The van der Waals surface area contributed by atoms with Gasteiger partial charge in [0.25, 0.3) is 0 Å². The Balaban J connectivity index is 2.39. The van der Waals surface area contributed by atoms with Gasteiger partial charge in [0.05, 0.1) is 17.7 Å². The van der Waals surface area contributed by atoms with E-state index in [1.807, 2.05) is 25.1 Å². The zero-order valence-electron chi connectivity index (χ0n) is 11.9. The van der Waals surface area contributed by atoms with Crippen LogP contribution in [0.1, 0.15) is 33.6 Å². The van der Waals surface area contributed by atoms with Crippen LogP contribution in [0.5, 0.6) is 5.75 Å². The zero-order chi connectivity index (χ0) is 13.9. The number of para-hydroxylation sites is 1. The van der Waals surface area contributed by atoms with Gasteiger partial charge in [-0.15, -0.1) is 0 Å². The number of hydrogen-bond donors (Lipinski definition) is 2. The van der Waals surface area contributed by atoms with Crippen molar-refractivity contribution in [1.82, 2.24) is 0 Å². The van der Waals surface area contributed by atoms with Crippen LogP contribution in [0.15, 0.2) is 18.2 Å². The van der Waals surface area contributed by atoms with Crippen LogP contribution in [-0.4, -0.2) is 19.1 Å². The fourth-order valence-electron chi connectivity index (χ4n) is 2.50. The molecule has 1 heterocycles. The highest BCUT2D eigenvalue weighted by molar-refractivity contribution is 6.01. The quantitative estimate of drug-likeness (QED) is 0.875. The Hall–Kier alpha value is -1.71. The minimum atomic E-state index is -0.345. The van der Waals surface area contributed by atoms with Crippen LogP contribution in [0.2, 0.25) is 0 Å². The molecule has 2 rings (SSSR count). The van der Waals surface area contributed by atoms with Gasteiger partial charge in [0.1, 0.15) is 11.4 Å². The molecule has 0 aromatic heterocycles. The second-order valence-corrected chi connectivity index (χ2v) is 4.91. The average molecular weight is 262 g/mol. The molecule has 0 atom stereocenters. The zero-order valence-corrected chi connectivity index (χ0v) is 11.9. The number of hydrogen-bond acceptors (Lipinski definition) is 3. The standard InChI is InChI=1S/C15H22N2O2/c1-4-15(5-2)10-16-11-8-7-9-12(19-6-3)13(11)17-14(15)18/h7-9,16H,4-6,10H2,1-3H3,(H,17,18). The van der Waals surface area contributed by atoms with E-state index >= 15 is 0 Å². The largest absolute Gasteiger partial charge is 0.492 e. The maximum atomic E-state index is 12.5. The summed E-state index contributed by atoms with van der Waals surface area (Å²) in [4.78, 5) is 12.5. The molecule has 2 N–H and O–H groups in total. The first-order valence-electron chi connectivity index (χ1n) is 6.98. The summed E-state index contributed by atoms with van der Waals surface area (Å²) in [6.45, 7) is 7.30. The van der Waals surface area contributed by atoms with Crippen molar-refractivity contribution in [1.29, 1.82) is 0 Å². The maximum Gasteiger partial charge on any atom is 0.232 e. The van der Waals surface area contributed by atoms with Gasteiger partial charge in [0.15, 0.2) is 0 Å². The molecule has 4 nitrogen and oxygen atoms in total. The molecule has 1 aliphatic heterocycles. The lowest BCUT2D eigenvalue weighted by atomic mass is 9.81. The first-order chi connectivity index (χ1) is 9.16. The number of carbonyl (C=O) groups excluding carboxylic acids is 1. The number of fused-ring (bicyclic) bond motifs is 1. The van der Waals surface area contributed by atoms with Crippen molar-refractivity contribution in [3.63, 3.8) is 0 Å². The van der Waals surface area contributed by atoms with Gasteiger partial charge in [-0.05, 0) is 31.9 Å². The molecule has 0 radical (unpaired) electrons. The molecule has 4 heteroatoms. The molecule has 0 bridgehead atoms. The first kappa shape index (κ1) is 13.7. The van der Waals surface area contributed by atoms with Crippen molar-refractivity contribution in [2.75, 3.05) is 23.8 Å². The van der Waals surface area contributed by atoms with E-state index in [2.05, 4.69) is 24.5 Å². The van der Waals surface area contributed by atoms with Crippen LogP contribution in [-0.2, 0) is 4.79 Å². The predicted octanol–water partition coefficient (Wildman–Crippen LogP) is 3.26. The minimum absolute atomic E-state index is 0.0795. The lowest BCUT2D eigenvalue weighted by molar-refractivity contribution is -0.125. The number of carbonyl (C=O) groups is 1. The predicted molar refractivity (Wildman–Crippen MR) is 77.7 cm³/mol. The fraction of sp³-hybridized carbons (Fsp3) is 0.533. The van der Waals surface area contributed by atoms with E-state index in [4.69, 9.17) is 4.74 Å². The van der Waals surface area contributed by atoms with Gasteiger partial charge in [-0.3, -0.25) is 4.79 Å². The minimum Gasteiger partial charge on any atom is -0.492 e. The van der Waals surface area contributed by atoms with E-state index in [1.165, 1.54) is 0 Å². The molecule has 1 aliphatic rings. The van der Waals surface area contributed by atoms with Crippen molar-refractivity contribution in [3.8, 4) is 5.75 Å². The fourth-order valence-corrected chi connectivity index (χ4v) is 2.50. The number of benzene rings is 1. The van der Waals surface area contributed by atoms with Gasteiger partial charge in [0.2, 0.25) is 5.91 Å². The topological polar surface area (TPSA) is 50.4 Å². The van der Waals surface area contributed by atoms with Gasteiger partial charge in [-0.25, -0.2) is 0 Å². The lowest BCUT2D eigenvalue weighted by Gasteiger charge is -2.27. The second-order valence-electron chi connectivity index (χ2n) is 4.91. The van der Waals surface area contributed by atoms with Crippen LogP contribution in [0, 0.1) is 5.41 Å². The molecule has 0 unspecified atom stereocenters. The third-order valence-corrected chi connectivity index (χ3v) is 4.02. The molecular formula is C15H22N2O2. The van der Waals surface area contributed by atoms with Gasteiger partial charge in [0, 0.05) is 6.54 Å². The number of rotatable bonds is 4. The summed E-state index contributed by atoms with van der Waals surface area (Å²) in [5.74, 6) is 0.805. The van der Waals surface area contributed by atoms with Gasteiger partial charge in [-0.1, -0.05) is 19.9 Å². The van der Waals surface area contributed by atoms with E-state index in [-0.39, 0.29) is 11.3 Å². The smallest absolute Gasteiger partial charge is 0.232 e. The Morgan fingerprint density at radius 2 is 2.00 bits per heavy atom. The van der Waals surface area contributed by atoms with Gasteiger partial charge in [-0.2, -0.15) is 0 Å². The molecule has 104 valence electrons.